The van der Waals surface area contributed by atoms with Crippen LogP contribution in [0.3, 0.4) is 0 Å². The highest BCUT2D eigenvalue weighted by Crippen LogP contribution is 2.34. The van der Waals surface area contributed by atoms with Gasteiger partial charge in [-0.15, -0.1) is 11.3 Å². The Morgan fingerprint density at radius 3 is 2.70 bits per heavy atom. The number of rotatable bonds is 4. The summed E-state index contributed by atoms with van der Waals surface area (Å²) in [6, 6.07) is 15.1. The van der Waals surface area contributed by atoms with Crippen LogP contribution in [0.1, 0.15) is 18.9 Å². The molecular weight excluding hydrogens is 416 g/mol. The topological polar surface area (TPSA) is 65.9 Å². The molecular formula is C22H20N4O2S2. The van der Waals surface area contributed by atoms with Gasteiger partial charge in [-0.2, -0.15) is 0 Å². The molecule has 4 rings (SSSR count). The maximum atomic E-state index is 13.0. The molecule has 1 fully saturated rings. The van der Waals surface area contributed by atoms with E-state index in [4.69, 9.17) is 4.99 Å². The predicted octanol–water partition coefficient (Wildman–Crippen LogP) is 5.08. The van der Waals surface area contributed by atoms with Gasteiger partial charge in [0.05, 0.1) is 25.8 Å². The lowest BCUT2D eigenvalue weighted by molar-refractivity contribution is -0.122. The van der Waals surface area contributed by atoms with Gasteiger partial charge in [0.15, 0.2) is 5.17 Å². The molecule has 0 bridgehead atoms. The summed E-state index contributed by atoms with van der Waals surface area (Å²) in [5, 5.41) is 1.61. The van der Waals surface area contributed by atoms with E-state index in [1.54, 1.807) is 22.4 Å². The number of amides is 2. The molecule has 1 aliphatic heterocycles. The molecule has 0 radical (unpaired) electrons. The van der Waals surface area contributed by atoms with E-state index >= 15 is 0 Å². The number of aliphatic imine (C=N–C) groups is 1. The number of amidine groups is 1. The second-order valence-electron chi connectivity index (χ2n) is 6.65. The van der Waals surface area contributed by atoms with Crippen LogP contribution in [-0.4, -0.2) is 33.4 Å². The highest BCUT2D eigenvalue weighted by atomic mass is 32.2. The molecule has 152 valence electrons. The molecule has 0 atom stereocenters. The van der Waals surface area contributed by atoms with Crippen molar-refractivity contribution in [2.75, 3.05) is 11.4 Å². The lowest BCUT2D eigenvalue weighted by atomic mass is 10.3. The van der Waals surface area contributed by atoms with Gasteiger partial charge in [-0.1, -0.05) is 18.2 Å². The molecule has 8 heteroatoms. The van der Waals surface area contributed by atoms with Crippen LogP contribution in [0.15, 0.2) is 64.6 Å². The van der Waals surface area contributed by atoms with Gasteiger partial charge in [0.2, 0.25) is 5.91 Å². The van der Waals surface area contributed by atoms with E-state index in [0.717, 1.165) is 20.9 Å². The van der Waals surface area contributed by atoms with Crippen LogP contribution in [-0.2, 0) is 9.59 Å². The Kier molecular flexibility index (Phi) is 5.69. The quantitative estimate of drug-likeness (QED) is 0.535. The first-order chi connectivity index (χ1) is 14.5. The minimum Gasteiger partial charge on any atom is -0.287 e. The van der Waals surface area contributed by atoms with Crippen molar-refractivity contribution in [3.05, 3.63) is 64.6 Å². The van der Waals surface area contributed by atoms with Gasteiger partial charge in [-0.25, -0.2) is 9.98 Å². The van der Waals surface area contributed by atoms with E-state index < -0.39 is 0 Å². The molecule has 2 amide bonds. The van der Waals surface area contributed by atoms with E-state index in [0.29, 0.717) is 22.3 Å². The van der Waals surface area contributed by atoms with Crippen LogP contribution < -0.4 is 4.90 Å². The molecule has 2 aromatic carbocycles. The van der Waals surface area contributed by atoms with Gasteiger partial charge in [-0.3, -0.25) is 19.4 Å². The SMILES string of the molecule is CCN1C(=O)C(=CN(C(C)=O)c2ccccc2)SC1=Nc1ccc2nc(C)sc2c1. The summed E-state index contributed by atoms with van der Waals surface area (Å²) >= 11 is 2.90. The number of likely N-dealkylation sites (N-methyl/N-ethyl adjacent to an activating group) is 1. The fourth-order valence-corrected chi connectivity index (χ4v) is 5.01. The number of nitrogens with zero attached hydrogens (tertiary/aromatic N) is 4. The number of aromatic nitrogens is 1. The zero-order valence-corrected chi connectivity index (χ0v) is 18.5. The molecule has 0 saturated carbocycles. The first-order valence-electron chi connectivity index (χ1n) is 9.48. The molecule has 0 N–H and O–H groups in total. The van der Waals surface area contributed by atoms with Crippen molar-refractivity contribution >= 4 is 61.7 Å². The minimum absolute atomic E-state index is 0.154. The highest BCUT2D eigenvalue weighted by molar-refractivity contribution is 8.18. The normalized spacial score (nSPS) is 16.8. The molecule has 3 aromatic rings. The Labute approximate surface area is 182 Å². The highest BCUT2D eigenvalue weighted by Gasteiger charge is 2.33. The van der Waals surface area contributed by atoms with E-state index in [2.05, 4.69) is 4.98 Å². The smallest absolute Gasteiger partial charge is 0.268 e. The Morgan fingerprint density at radius 2 is 2.00 bits per heavy atom. The van der Waals surface area contributed by atoms with Crippen molar-refractivity contribution in [3.63, 3.8) is 0 Å². The summed E-state index contributed by atoms with van der Waals surface area (Å²) < 4.78 is 1.06. The van der Waals surface area contributed by atoms with Crippen molar-refractivity contribution in [3.8, 4) is 0 Å². The third-order valence-corrected chi connectivity index (χ3v) is 6.46. The first kappa shape index (κ1) is 20.3. The number of anilines is 1. The Morgan fingerprint density at radius 1 is 1.23 bits per heavy atom. The number of carbonyl (C=O) groups is 2. The number of thioether (sulfide) groups is 1. The zero-order valence-electron chi connectivity index (χ0n) is 16.8. The molecule has 1 saturated heterocycles. The van der Waals surface area contributed by atoms with Crippen molar-refractivity contribution in [1.29, 1.82) is 0 Å². The van der Waals surface area contributed by atoms with Crippen LogP contribution in [0, 0.1) is 6.92 Å². The summed E-state index contributed by atoms with van der Waals surface area (Å²) in [7, 11) is 0. The second-order valence-corrected chi connectivity index (χ2v) is 8.89. The van der Waals surface area contributed by atoms with Gasteiger partial charge < -0.3 is 0 Å². The number of hydrogen-bond donors (Lipinski definition) is 0. The molecule has 1 aromatic heterocycles. The maximum Gasteiger partial charge on any atom is 0.268 e. The van der Waals surface area contributed by atoms with Gasteiger partial charge in [0.1, 0.15) is 0 Å². The Hall–Kier alpha value is -2.97. The van der Waals surface area contributed by atoms with Gasteiger partial charge in [0.25, 0.3) is 5.91 Å². The number of hydrogen-bond acceptors (Lipinski definition) is 6. The predicted molar refractivity (Wildman–Crippen MR) is 124 cm³/mol. The average Bonchev–Trinajstić information content (AvgIpc) is 3.24. The van der Waals surface area contributed by atoms with Crippen LogP contribution in [0.25, 0.3) is 10.2 Å². The van der Waals surface area contributed by atoms with Crippen molar-refractivity contribution in [2.45, 2.75) is 20.8 Å². The Balaban J connectivity index is 1.68. The second kappa shape index (κ2) is 8.41. The third-order valence-electron chi connectivity index (χ3n) is 4.53. The average molecular weight is 437 g/mol. The van der Waals surface area contributed by atoms with Gasteiger partial charge in [-0.05, 0) is 55.9 Å². The zero-order chi connectivity index (χ0) is 21.3. The Bertz CT molecular complexity index is 1180. The number of fused-ring (bicyclic) bond motifs is 1. The van der Waals surface area contributed by atoms with E-state index in [-0.39, 0.29) is 11.8 Å². The van der Waals surface area contributed by atoms with Crippen LogP contribution in [0.4, 0.5) is 11.4 Å². The largest absolute Gasteiger partial charge is 0.287 e. The summed E-state index contributed by atoms with van der Waals surface area (Å²) in [5.41, 5.74) is 2.43. The van der Waals surface area contributed by atoms with Gasteiger partial charge in [0, 0.05) is 25.4 Å². The van der Waals surface area contributed by atoms with Crippen LogP contribution in [0.2, 0.25) is 0 Å². The third kappa shape index (κ3) is 4.01. The van der Waals surface area contributed by atoms with E-state index in [9.17, 15) is 9.59 Å². The van der Waals surface area contributed by atoms with Gasteiger partial charge >= 0.3 is 0 Å². The summed E-state index contributed by atoms with van der Waals surface area (Å²) in [6.07, 6.45) is 1.60. The van der Waals surface area contributed by atoms with Crippen LogP contribution in [0.5, 0.6) is 0 Å². The monoisotopic (exact) mass is 436 g/mol. The van der Waals surface area contributed by atoms with Crippen LogP contribution >= 0.6 is 23.1 Å². The lowest BCUT2D eigenvalue weighted by Gasteiger charge is -2.17. The van der Waals surface area contributed by atoms with Crippen molar-refractivity contribution < 1.29 is 9.59 Å². The van der Waals surface area contributed by atoms with E-state index in [1.807, 2.05) is 62.4 Å². The standard InChI is InChI=1S/C22H20N4O2S2/c1-4-25-21(28)20(13-26(15(3)27)17-8-6-5-7-9-17)30-22(25)24-16-10-11-18-19(12-16)29-14(2)23-18/h5-13H,4H2,1-3H3. The molecule has 30 heavy (non-hydrogen) atoms. The lowest BCUT2D eigenvalue weighted by Crippen LogP contribution is -2.29. The molecule has 2 heterocycles. The summed E-state index contributed by atoms with van der Waals surface area (Å²) in [5.74, 6) is -0.320. The molecule has 0 unspecified atom stereocenters. The molecule has 0 aliphatic carbocycles. The summed E-state index contributed by atoms with van der Waals surface area (Å²) in [6.45, 7) is 5.86. The fraction of sp³-hybridized carbons (Fsp3) is 0.182. The maximum absolute atomic E-state index is 13.0. The number of aryl methyl sites for hydroxylation is 1. The first-order valence-corrected chi connectivity index (χ1v) is 11.1. The summed E-state index contributed by atoms with van der Waals surface area (Å²) in [4.78, 5) is 37.9. The molecule has 1 aliphatic rings. The molecule has 0 spiro atoms. The van der Waals surface area contributed by atoms with Crippen molar-refractivity contribution in [2.24, 2.45) is 4.99 Å². The molecule has 6 nitrogen and oxygen atoms in total. The van der Waals surface area contributed by atoms with E-state index in [1.165, 1.54) is 23.6 Å². The minimum atomic E-state index is -0.165. The van der Waals surface area contributed by atoms with Crippen molar-refractivity contribution in [1.82, 2.24) is 9.88 Å². The number of thiazole rings is 1. The number of carbonyl (C=O) groups excluding carboxylic acids is 2. The number of para-hydroxylation sites is 1. The number of benzene rings is 2. The fourth-order valence-electron chi connectivity index (χ4n) is 3.12.